The highest BCUT2D eigenvalue weighted by molar-refractivity contribution is 7.09. The van der Waals surface area contributed by atoms with Crippen molar-refractivity contribution in [2.45, 2.75) is 44.7 Å². The second-order valence-electron chi connectivity index (χ2n) is 5.54. The smallest absolute Gasteiger partial charge is 0.270 e. The van der Waals surface area contributed by atoms with Gasteiger partial charge in [0.25, 0.3) is 11.5 Å². The van der Waals surface area contributed by atoms with Gasteiger partial charge in [0, 0.05) is 23.7 Å². The van der Waals surface area contributed by atoms with Crippen LogP contribution in [0.1, 0.15) is 47.2 Å². The number of hydrogen-bond donors (Lipinski definition) is 1. The van der Waals surface area contributed by atoms with Gasteiger partial charge in [-0.2, -0.15) is 5.10 Å². The van der Waals surface area contributed by atoms with Crippen LogP contribution in [0, 0.1) is 6.92 Å². The molecule has 0 saturated heterocycles. The molecule has 3 rings (SSSR count). The van der Waals surface area contributed by atoms with Crippen LogP contribution in [0.15, 0.2) is 28.5 Å². The molecule has 0 aliphatic heterocycles. The van der Waals surface area contributed by atoms with Crippen molar-refractivity contribution < 1.29 is 4.79 Å². The standard InChI is InChI=1S/C15H18N4O2S/c1-10-17-13(9-22-10)15(21)18-11-4-6-12(7-5-11)19-14(20)3-2-8-16-19/h2-3,8-9,11-12H,4-7H2,1H3,(H,18,21). The highest BCUT2D eigenvalue weighted by Crippen LogP contribution is 2.27. The zero-order valence-corrected chi connectivity index (χ0v) is 13.2. The molecule has 1 amide bonds. The van der Waals surface area contributed by atoms with Gasteiger partial charge in [-0.05, 0) is 38.7 Å². The molecule has 0 atom stereocenters. The number of amides is 1. The van der Waals surface area contributed by atoms with Crippen molar-refractivity contribution in [3.63, 3.8) is 0 Å². The molecule has 2 heterocycles. The lowest BCUT2D eigenvalue weighted by molar-refractivity contribution is 0.0917. The monoisotopic (exact) mass is 318 g/mol. The quantitative estimate of drug-likeness (QED) is 0.938. The van der Waals surface area contributed by atoms with Gasteiger partial charge in [-0.15, -0.1) is 11.3 Å². The molecular formula is C15H18N4O2S. The minimum atomic E-state index is -0.109. The summed E-state index contributed by atoms with van der Waals surface area (Å²) in [4.78, 5) is 28.1. The Bertz CT molecular complexity index is 716. The van der Waals surface area contributed by atoms with E-state index in [1.54, 1.807) is 22.3 Å². The maximum Gasteiger partial charge on any atom is 0.270 e. The van der Waals surface area contributed by atoms with E-state index in [1.165, 1.54) is 17.4 Å². The van der Waals surface area contributed by atoms with Crippen molar-refractivity contribution in [3.05, 3.63) is 44.8 Å². The zero-order chi connectivity index (χ0) is 15.5. The summed E-state index contributed by atoms with van der Waals surface area (Å²) in [6.07, 6.45) is 5.03. The second kappa shape index (κ2) is 6.39. The van der Waals surface area contributed by atoms with E-state index in [2.05, 4.69) is 15.4 Å². The average Bonchev–Trinajstić information content (AvgIpc) is 2.95. The van der Waals surface area contributed by atoms with Crippen LogP contribution >= 0.6 is 11.3 Å². The van der Waals surface area contributed by atoms with E-state index < -0.39 is 0 Å². The van der Waals surface area contributed by atoms with Crippen LogP contribution in [0.5, 0.6) is 0 Å². The largest absolute Gasteiger partial charge is 0.348 e. The predicted octanol–water partition coefficient (Wildman–Crippen LogP) is 1.92. The van der Waals surface area contributed by atoms with Crippen molar-refractivity contribution in [2.24, 2.45) is 0 Å². The van der Waals surface area contributed by atoms with Crippen LogP contribution < -0.4 is 10.9 Å². The van der Waals surface area contributed by atoms with Crippen molar-refractivity contribution in [1.82, 2.24) is 20.1 Å². The molecule has 22 heavy (non-hydrogen) atoms. The van der Waals surface area contributed by atoms with E-state index in [0.717, 1.165) is 30.7 Å². The molecule has 2 aromatic heterocycles. The second-order valence-corrected chi connectivity index (χ2v) is 6.60. The molecule has 1 fully saturated rings. The van der Waals surface area contributed by atoms with Gasteiger partial charge < -0.3 is 5.32 Å². The molecule has 0 aromatic carbocycles. The average molecular weight is 318 g/mol. The third kappa shape index (κ3) is 3.24. The Hall–Kier alpha value is -2.02. The highest BCUT2D eigenvalue weighted by atomic mass is 32.1. The summed E-state index contributed by atoms with van der Waals surface area (Å²) in [5.41, 5.74) is 0.429. The van der Waals surface area contributed by atoms with E-state index in [-0.39, 0.29) is 23.6 Å². The fourth-order valence-electron chi connectivity index (χ4n) is 2.83. The molecule has 0 radical (unpaired) electrons. The van der Waals surface area contributed by atoms with Gasteiger partial charge in [0.15, 0.2) is 0 Å². The van der Waals surface area contributed by atoms with Gasteiger partial charge in [0.2, 0.25) is 0 Å². The molecule has 0 unspecified atom stereocenters. The lowest BCUT2D eigenvalue weighted by Crippen LogP contribution is -2.39. The SMILES string of the molecule is Cc1nc(C(=O)NC2CCC(n3ncccc3=O)CC2)cs1. The van der Waals surface area contributed by atoms with Gasteiger partial charge in [-0.3, -0.25) is 9.59 Å². The fourth-order valence-corrected chi connectivity index (χ4v) is 3.43. The number of nitrogens with one attached hydrogen (secondary N) is 1. The summed E-state index contributed by atoms with van der Waals surface area (Å²) < 4.78 is 1.56. The van der Waals surface area contributed by atoms with Crippen LogP contribution in [0.4, 0.5) is 0 Å². The van der Waals surface area contributed by atoms with E-state index in [1.807, 2.05) is 6.92 Å². The lowest BCUT2D eigenvalue weighted by Gasteiger charge is -2.29. The lowest BCUT2D eigenvalue weighted by atomic mass is 9.91. The minimum Gasteiger partial charge on any atom is -0.348 e. The molecule has 7 heteroatoms. The summed E-state index contributed by atoms with van der Waals surface area (Å²) in [7, 11) is 0. The normalized spacial score (nSPS) is 21.5. The Morgan fingerprint density at radius 1 is 1.36 bits per heavy atom. The number of aromatic nitrogens is 3. The first-order chi connectivity index (χ1) is 10.6. The van der Waals surface area contributed by atoms with Crippen molar-refractivity contribution >= 4 is 17.2 Å². The molecule has 1 N–H and O–H groups in total. The molecule has 1 saturated carbocycles. The Morgan fingerprint density at radius 3 is 2.77 bits per heavy atom. The zero-order valence-electron chi connectivity index (χ0n) is 12.4. The minimum absolute atomic E-state index is 0.0621. The van der Waals surface area contributed by atoms with Gasteiger partial charge >= 0.3 is 0 Å². The van der Waals surface area contributed by atoms with Crippen LogP contribution in [0.25, 0.3) is 0 Å². The summed E-state index contributed by atoms with van der Waals surface area (Å²) in [5.74, 6) is -0.109. The Balaban J connectivity index is 1.57. The summed E-state index contributed by atoms with van der Waals surface area (Å²) >= 11 is 1.48. The first-order valence-corrected chi connectivity index (χ1v) is 8.28. The number of aryl methyl sites for hydroxylation is 1. The molecule has 0 spiro atoms. The molecule has 6 nitrogen and oxygen atoms in total. The molecule has 1 aliphatic carbocycles. The number of thiazole rings is 1. The molecule has 2 aromatic rings. The van der Waals surface area contributed by atoms with E-state index in [0.29, 0.717) is 5.69 Å². The van der Waals surface area contributed by atoms with Crippen LogP contribution in [-0.4, -0.2) is 26.7 Å². The predicted molar refractivity (Wildman–Crippen MR) is 84.1 cm³/mol. The number of rotatable bonds is 3. The van der Waals surface area contributed by atoms with Gasteiger partial charge in [0.1, 0.15) is 5.69 Å². The molecule has 1 aliphatic rings. The van der Waals surface area contributed by atoms with Gasteiger partial charge in [-0.25, -0.2) is 9.67 Å². The van der Waals surface area contributed by atoms with E-state index in [4.69, 9.17) is 0 Å². The number of nitrogens with zero attached hydrogens (tertiary/aromatic N) is 3. The Labute approximate surface area is 132 Å². The maximum atomic E-state index is 12.1. The molecular weight excluding hydrogens is 300 g/mol. The van der Waals surface area contributed by atoms with Crippen molar-refractivity contribution in [2.75, 3.05) is 0 Å². The summed E-state index contributed by atoms with van der Waals surface area (Å²) in [6.45, 7) is 1.89. The van der Waals surface area contributed by atoms with Crippen LogP contribution in [-0.2, 0) is 0 Å². The fraction of sp³-hybridized carbons (Fsp3) is 0.467. The molecule has 116 valence electrons. The highest BCUT2D eigenvalue weighted by Gasteiger charge is 2.25. The number of carbonyl (C=O) groups is 1. The first-order valence-electron chi connectivity index (χ1n) is 7.40. The number of hydrogen-bond acceptors (Lipinski definition) is 5. The summed E-state index contributed by atoms with van der Waals surface area (Å²) in [5, 5.41) is 9.85. The first kappa shape index (κ1) is 14.9. The van der Waals surface area contributed by atoms with E-state index >= 15 is 0 Å². The topological polar surface area (TPSA) is 76.9 Å². The van der Waals surface area contributed by atoms with Crippen LogP contribution in [0.3, 0.4) is 0 Å². The van der Waals surface area contributed by atoms with Crippen LogP contribution in [0.2, 0.25) is 0 Å². The van der Waals surface area contributed by atoms with Crippen molar-refractivity contribution in [3.8, 4) is 0 Å². The number of carbonyl (C=O) groups excluding carboxylic acids is 1. The third-order valence-corrected chi connectivity index (χ3v) is 4.74. The summed E-state index contributed by atoms with van der Waals surface area (Å²) in [6, 6.07) is 3.46. The van der Waals surface area contributed by atoms with Gasteiger partial charge in [-0.1, -0.05) is 0 Å². The Morgan fingerprint density at radius 2 is 2.14 bits per heavy atom. The van der Waals surface area contributed by atoms with E-state index in [9.17, 15) is 9.59 Å². The maximum absolute atomic E-state index is 12.1. The Kier molecular flexibility index (Phi) is 4.33. The van der Waals surface area contributed by atoms with Gasteiger partial charge in [0.05, 0.1) is 11.0 Å². The third-order valence-electron chi connectivity index (χ3n) is 3.97. The molecule has 0 bridgehead atoms. The van der Waals surface area contributed by atoms with Crippen molar-refractivity contribution in [1.29, 1.82) is 0 Å².